The number of rotatable bonds is 5. The number of benzene rings is 2. The standard InChI is InChI=1S/C20H16N4OS/c25-20(21-13-18-7-4-12-26-18)16-8-10-17(11-9-16)24-19(14-22-23-24)15-5-2-1-3-6-15/h1-12,14H,13H2,(H,21,25). The molecule has 1 amide bonds. The van der Waals surface area contributed by atoms with Gasteiger partial charge in [-0.2, -0.15) is 0 Å². The quantitative estimate of drug-likeness (QED) is 0.587. The van der Waals surface area contributed by atoms with Crippen LogP contribution in [-0.2, 0) is 6.54 Å². The third-order valence-electron chi connectivity index (χ3n) is 4.00. The number of carbonyl (C=O) groups is 1. The van der Waals surface area contributed by atoms with Crippen LogP contribution in [0.2, 0.25) is 0 Å². The van der Waals surface area contributed by atoms with Crippen LogP contribution in [-0.4, -0.2) is 20.9 Å². The first kappa shape index (κ1) is 16.2. The predicted molar refractivity (Wildman–Crippen MR) is 102 cm³/mol. The molecular weight excluding hydrogens is 344 g/mol. The second-order valence-electron chi connectivity index (χ2n) is 5.71. The summed E-state index contributed by atoms with van der Waals surface area (Å²) in [6, 6.07) is 21.3. The molecule has 1 N–H and O–H groups in total. The van der Waals surface area contributed by atoms with Gasteiger partial charge < -0.3 is 5.32 Å². The molecule has 0 saturated heterocycles. The van der Waals surface area contributed by atoms with Gasteiger partial charge in [-0.3, -0.25) is 4.79 Å². The van der Waals surface area contributed by atoms with Crippen molar-refractivity contribution in [2.75, 3.05) is 0 Å². The van der Waals surface area contributed by atoms with Crippen LogP contribution in [0.25, 0.3) is 16.9 Å². The van der Waals surface area contributed by atoms with Crippen molar-refractivity contribution in [3.63, 3.8) is 0 Å². The molecule has 6 heteroatoms. The summed E-state index contributed by atoms with van der Waals surface area (Å²) in [5.41, 5.74) is 3.42. The highest BCUT2D eigenvalue weighted by atomic mass is 32.1. The number of thiophene rings is 1. The van der Waals surface area contributed by atoms with Crippen LogP contribution in [0.1, 0.15) is 15.2 Å². The van der Waals surface area contributed by atoms with Crippen LogP contribution < -0.4 is 5.32 Å². The molecule has 0 unspecified atom stereocenters. The minimum Gasteiger partial charge on any atom is -0.347 e. The average molecular weight is 360 g/mol. The lowest BCUT2D eigenvalue weighted by Crippen LogP contribution is -2.22. The lowest BCUT2D eigenvalue weighted by molar-refractivity contribution is 0.0951. The molecule has 2 aromatic carbocycles. The summed E-state index contributed by atoms with van der Waals surface area (Å²) in [6.07, 6.45) is 1.73. The van der Waals surface area contributed by atoms with Gasteiger partial charge in [0.05, 0.1) is 24.1 Å². The molecule has 0 aliphatic carbocycles. The third kappa shape index (κ3) is 3.41. The van der Waals surface area contributed by atoms with E-state index < -0.39 is 0 Å². The zero-order chi connectivity index (χ0) is 17.8. The molecule has 0 atom stereocenters. The van der Waals surface area contributed by atoms with Crippen molar-refractivity contribution >= 4 is 17.2 Å². The lowest BCUT2D eigenvalue weighted by atomic mass is 10.1. The van der Waals surface area contributed by atoms with Crippen LogP contribution in [0.4, 0.5) is 0 Å². The highest BCUT2D eigenvalue weighted by Gasteiger charge is 2.10. The van der Waals surface area contributed by atoms with E-state index in [-0.39, 0.29) is 5.91 Å². The monoisotopic (exact) mass is 360 g/mol. The number of hydrogen-bond acceptors (Lipinski definition) is 4. The Morgan fingerprint density at radius 3 is 2.54 bits per heavy atom. The largest absolute Gasteiger partial charge is 0.347 e. The number of amides is 1. The summed E-state index contributed by atoms with van der Waals surface area (Å²) in [4.78, 5) is 13.4. The average Bonchev–Trinajstić information content (AvgIpc) is 3.39. The van der Waals surface area contributed by atoms with Gasteiger partial charge in [0.1, 0.15) is 0 Å². The maximum Gasteiger partial charge on any atom is 0.251 e. The summed E-state index contributed by atoms with van der Waals surface area (Å²) < 4.78 is 1.77. The Kier molecular flexibility index (Phi) is 4.57. The van der Waals surface area contributed by atoms with Gasteiger partial charge in [-0.1, -0.05) is 41.6 Å². The molecule has 26 heavy (non-hydrogen) atoms. The molecule has 2 heterocycles. The number of hydrogen-bond donors (Lipinski definition) is 1. The summed E-state index contributed by atoms with van der Waals surface area (Å²) in [5.74, 6) is -0.0909. The van der Waals surface area contributed by atoms with E-state index >= 15 is 0 Å². The summed E-state index contributed by atoms with van der Waals surface area (Å²) >= 11 is 1.63. The van der Waals surface area contributed by atoms with Gasteiger partial charge in [0.15, 0.2) is 0 Å². The molecule has 0 aliphatic heterocycles. The Balaban J connectivity index is 1.52. The molecular formula is C20H16N4OS. The lowest BCUT2D eigenvalue weighted by Gasteiger charge is -2.08. The van der Waals surface area contributed by atoms with E-state index in [1.165, 1.54) is 0 Å². The topological polar surface area (TPSA) is 59.8 Å². The van der Waals surface area contributed by atoms with Crippen molar-refractivity contribution in [1.29, 1.82) is 0 Å². The van der Waals surface area contributed by atoms with E-state index in [1.807, 2.05) is 60.0 Å². The number of carbonyl (C=O) groups excluding carboxylic acids is 1. The minimum atomic E-state index is -0.0909. The Morgan fingerprint density at radius 2 is 1.81 bits per heavy atom. The van der Waals surface area contributed by atoms with E-state index in [9.17, 15) is 4.79 Å². The van der Waals surface area contributed by atoms with Crippen molar-refractivity contribution in [1.82, 2.24) is 20.3 Å². The molecule has 4 rings (SSSR count). The zero-order valence-electron chi connectivity index (χ0n) is 13.9. The number of nitrogens with zero attached hydrogens (tertiary/aromatic N) is 3. The fourth-order valence-electron chi connectivity index (χ4n) is 2.67. The van der Waals surface area contributed by atoms with Crippen molar-refractivity contribution in [3.05, 3.63) is 88.7 Å². The molecule has 0 bridgehead atoms. The van der Waals surface area contributed by atoms with Crippen LogP contribution >= 0.6 is 11.3 Å². The Bertz CT molecular complexity index is 992. The highest BCUT2D eigenvalue weighted by molar-refractivity contribution is 7.09. The van der Waals surface area contributed by atoms with Gasteiger partial charge in [0, 0.05) is 16.0 Å². The van der Waals surface area contributed by atoms with Gasteiger partial charge in [-0.05, 0) is 35.7 Å². The maximum atomic E-state index is 12.3. The molecule has 0 spiro atoms. The van der Waals surface area contributed by atoms with Crippen LogP contribution in [0.3, 0.4) is 0 Å². The first-order valence-electron chi connectivity index (χ1n) is 8.18. The van der Waals surface area contributed by atoms with Gasteiger partial charge in [-0.15, -0.1) is 16.4 Å². The van der Waals surface area contributed by atoms with E-state index in [4.69, 9.17) is 0 Å². The Hall–Kier alpha value is -3.25. The second kappa shape index (κ2) is 7.33. The predicted octanol–water partition coefficient (Wildman–Crippen LogP) is 3.93. The van der Waals surface area contributed by atoms with E-state index in [0.717, 1.165) is 21.8 Å². The molecule has 0 fully saturated rings. The van der Waals surface area contributed by atoms with Gasteiger partial charge in [0.2, 0.25) is 0 Å². The summed E-state index contributed by atoms with van der Waals surface area (Å²) in [7, 11) is 0. The first-order valence-corrected chi connectivity index (χ1v) is 9.06. The van der Waals surface area contributed by atoms with Crippen LogP contribution in [0, 0.1) is 0 Å². The highest BCUT2D eigenvalue weighted by Crippen LogP contribution is 2.21. The van der Waals surface area contributed by atoms with E-state index in [1.54, 1.807) is 34.3 Å². The van der Waals surface area contributed by atoms with Crippen molar-refractivity contribution in [2.45, 2.75) is 6.54 Å². The summed E-state index contributed by atoms with van der Waals surface area (Å²) in [6.45, 7) is 0.541. The molecule has 0 radical (unpaired) electrons. The van der Waals surface area contributed by atoms with Crippen molar-refractivity contribution in [2.24, 2.45) is 0 Å². The van der Waals surface area contributed by atoms with Crippen LogP contribution in [0.5, 0.6) is 0 Å². The Labute approximate surface area is 154 Å². The van der Waals surface area contributed by atoms with Crippen molar-refractivity contribution in [3.8, 4) is 16.9 Å². The molecule has 4 aromatic rings. The van der Waals surface area contributed by atoms with Crippen LogP contribution in [0.15, 0.2) is 78.3 Å². The maximum absolute atomic E-state index is 12.3. The third-order valence-corrected chi connectivity index (χ3v) is 4.87. The summed E-state index contributed by atoms with van der Waals surface area (Å²) in [5, 5.41) is 13.1. The Morgan fingerprint density at radius 1 is 1.00 bits per heavy atom. The fraction of sp³-hybridized carbons (Fsp3) is 0.0500. The van der Waals surface area contributed by atoms with Gasteiger partial charge in [-0.25, -0.2) is 4.68 Å². The number of nitrogens with one attached hydrogen (secondary N) is 1. The van der Waals surface area contributed by atoms with E-state index in [0.29, 0.717) is 12.1 Å². The van der Waals surface area contributed by atoms with E-state index in [2.05, 4.69) is 15.6 Å². The number of aromatic nitrogens is 3. The zero-order valence-corrected chi connectivity index (χ0v) is 14.7. The normalized spacial score (nSPS) is 10.6. The van der Waals surface area contributed by atoms with Gasteiger partial charge >= 0.3 is 0 Å². The second-order valence-corrected chi connectivity index (χ2v) is 6.74. The molecule has 5 nitrogen and oxygen atoms in total. The molecule has 0 saturated carbocycles. The first-order chi connectivity index (χ1) is 12.8. The van der Waals surface area contributed by atoms with Gasteiger partial charge in [0.25, 0.3) is 5.91 Å². The van der Waals surface area contributed by atoms with Crippen molar-refractivity contribution < 1.29 is 4.79 Å². The SMILES string of the molecule is O=C(NCc1cccs1)c1ccc(-n2nncc2-c2ccccc2)cc1. The molecule has 0 aliphatic rings. The minimum absolute atomic E-state index is 0.0909. The smallest absolute Gasteiger partial charge is 0.251 e. The fourth-order valence-corrected chi connectivity index (χ4v) is 3.31. The molecule has 128 valence electrons. The molecule has 2 aromatic heterocycles.